The number of carbonyl (C=O) groups excluding carboxylic acids is 5. The van der Waals surface area contributed by atoms with Crippen molar-refractivity contribution in [2.75, 3.05) is 36.5 Å². The number of benzene rings is 2. The van der Waals surface area contributed by atoms with Gasteiger partial charge in [0.25, 0.3) is 5.91 Å². The largest absolute Gasteiger partial charge is 0.480 e. The summed E-state index contributed by atoms with van der Waals surface area (Å²) in [7, 11) is 1.81. The molecule has 0 fully saturated rings. The third kappa shape index (κ3) is 18.9. The van der Waals surface area contributed by atoms with Gasteiger partial charge in [-0.25, -0.2) is 19.6 Å². The quantitative estimate of drug-likeness (QED) is 0.0351. The number of nitrogen functional groups attached to an aromatic ring is 2. The molecule has 4 amide bonds. The van der Waals surface area contributed by atoms with Crippen molar-refractivity contribution in [2.45, 2.75) is 123 Å². The molecule has 0 aliphatic heterocycles. The standard InChI is InChI=1S/C50H70N12O9/c1-30(27-50(2,3)4)39(63)26-33(25-31-13-7-6-8-14-31)45(66)57-36(15-9-11-23-51)46(67)59-37(47(68)69)16-10-12-24-54-40(64)22-21-38(48(70)71)58-44(65)32-17-19-35(20-18-32)62(5)29-34-28-55-43-41(56-34)42(52)60-49(53)61-43/h6-8,13-14,17-20,28,30,33,36-38H,9-12,15-16,21-27,29,51H2,1-5H3,(H,54,64)(H,57,66)(H,58,65)(H,59,67)(H,68,69)(H,70,71)(H4,52,53,55,60,61). The Hall–Kier alpha value is -7.29. The van der Waals surface area contributed by atoms with Crippen molar-refractivity contribution in [3.8, 4) is 0 Å². The molecule has 0 saturated heterocycles. The van der Waals surface area contributed by atoms with Gasteiger partial charge < -0.3 is 53.6 Å². The molecular weight excluding hydrogens is 913 g/mol. The van der Waals surface area contributed by atoms with E-state index in [1.54, 1.807) is 25.4 Å². The van der Waals surface area contributed by atoms with Gasteiger partial charge in [0.05, 0.1) is 18.4 Å². The molecule has 0 bridgehead atoms. The molecule has 0 radical (unpaired) electrons. The Kier molecular flexibility index (Phi) is 21.6. The lowest BCUT2D eigenvalue weighted by Gasteiger charge is -2.26. The minimum absolute atomic E-state index is 0.0114. The number of nitrogens with two attached hydrogens (primary N) is 3. The van der Waals surface area contributed by atoms with Crippen LogP contribution in [0.15, 0.2) is 60.8 Å². The van der Waals surface area contributed by atoms with Crippen LogP contribution in [-0.4, -0.2) is 110 Å². The van der Waals surface area contributed by atoms with Gasteiger partial charge in [0, 0.05) is 49.5 Å². The van der Waals surface area contributed by atoms with Gasteiger partial charge in [-0.1, -0.05) is 58.0 Å². The predicted molar refractivity (Wildman–Crippen MR) is 268 cm³/mol. The third-order valence-electron chi connectivity index (χ3n) is 11.8. The zero-order chi connectivity index (χ0) is 52.3. The molecule has 21 heteroatoms. The van der Waals surface area contributed by atoms with Crippen molar-refractivity contribution in [1.29, 1.82) is 0 Å². The second-order valence-corrected chi connectivity index (χ2v) is 19.1. The summed E-state index contributed by atoms with van der Waals surface area (Å²) in [6.45, 7) is 8.83. The fourth-order valence-corrected chi connectivity index (χ4v) is 8.04. The first-order valence-electron chi connectivity index (χ1n) is 23.9. The molecule has 4 aromatic rings. The number of Topliss-reactive ketones (excluding diaryl/α,β-unsaturated/α-hetero) is 1. The van der Waals surface area contributed by atoms with E-state index >= 15 is 0 Å². The molecule has 21 nitrogen and oxygen atoms in total. The monoisotopic (exact) mass is 983 g/mol. The van der Waals surface area contributed by atoms with Crippen molar-refractivity contribution in [3.05, 3.63) is 77.6 Å². The van der Waals surface area contributed by atoms with Crippen molar-refractivity contribution >= 4 is 70.0 Å². The average Bonchev–Trinajstić information content (AvgIpc) is 3.31. The van der Waals surface area contributed by atoms with E-state index in [4.69, 9.17) is 17.2 Å². The van der Waals surface area contributed by atoms with Crippen LogP contribution in [0.2, 0.25) is 0 Å². The van der Waals surface area contributed by atoms with Gasteiger partial charge in [-0.2, -0.15) is 9.97 Å². The Morgan fingerprint density at radius 1 is 0.761 bits per heavy atom. The van der Waals surface area contributed by atoms with Gasteiger partial charge in [-0.3, -0.25) is 24.0 Å². The molecule has 5 unspecified atom stereocenters. The van der Waals surface area contributed by atoms with Gasteiger partial charge in [0.1, 0.15) is 23.9 Å². The van der Waals surface area contributed by atoms with E-state index in [9.17, 15) is 43.8 Å². The zero-order valence-electron chi connectivity index (χ0n) is 41.3. The molecule has 4 rings (SSSR count). The molecule has 12 N–H and O–H groups in total. The lowest BCUT2D eigenvalue weighted by atomic mass is 9.81. The van der Waals surface area contributed by atoms with Gasteiger partial charge >= 0.3 is 11.9 Å². The minimum Gasteiger partial charge on any atom is -0.480 e. The van der Waals surface area contributed by atoms with Gasteiger partial charge in [0.2, 0.25) is 23.7 Å². The number of amides is 4. The van der Waals surface area contributed by atoms with E-state index in [2.05, 4.69) is 41.2 Å². The molecule has 2 heterocycles. The lowest BCUT2D eigenvalue weighted by Crippen LogP contribution is -2.53. The van der Waals surface area contributed by atoms with E-state index in [0.717, 1.165) is 11.3 Å². The van der Waals surface area contributed by atoms with Crippen LogP contribution in [-0.2, 0) is 41.7 Å². The number of carboxylic acid groups (broad SMARTS) is 2. The molecule has 0 aliphatic rings. The highest BCUT2D eigenvalue weighted by molar-refractivity contribution is 5.97. The van der Waals surface area contributed by atoms with E-state index in [1.165, 1.54) is 12.1 Å². The van der Waals surface area contributed by atoms with Crippen molar-refractivity contribution in [3.63, 3.8) is 0 Å². The van der Waals surface area contributed by atoms with Crippen LogP contribution < -0.4 is 43.4 Å². The van der Waals surface area contributed by atoms with Crippen LogP contribution in [0.4, 0.5) is 17.5 Å². The van der Waals surface area contributed by atoms with Crippen LogP contribution in [0.5, 0.6) is 0 Å². The molecule has 384 valence electrons. The second-order valence-electron chi connectivity index (χ2n) is 19.1. The summed E-state index contributed by atoms with van der Waals surface area (Å²) in [4.78, 5) is 110. The Morgan fingerprint density at radius 3 is 2.04 bits per heavy atom. The SMILES string of the molecule is CC(CC(C)(C)C)C(=O)CC(Cc1ccccc1)C(=O)NC(CCCCN)C(=O)NC(CCCCNC(=O)CCC(NC(=O)c1ccc(N(C)Cc2cnc3nc(N)nc(N)c3n2)cc1)C(=O)O)C(=O)O. The van der Waals surface area contributed by atoms with Crippen LogP contribution in [0.3, 0.4) is 0 Å². The van der Waals surface area contributed by atoms with Crippen molar-refractivity contribution in [2.24, 2.45) is 23.0 Å². The van der Waals surface area contributed by atoms with E-state index in [0.29, 0.717) is 50.0 Å². The number of hydrogen-bond donors (Lipinski definition) is 9. The molecule has 0 spiro atoms. The number of nitrogens with one attached hydrogen (secondary N) is 4. The zero-order valence-corrected chi connectivity index (χ0v) is 41.3. The number of hydrogen-bond acceptors (Lipinski definition) is 15. The summed E-state index contributed by atoms with van der Waals surface area (Å²) in [6.07, 6.45) is 3.92. The number of aromatic nitrogens is 4. The number of aliphatic carboxylic acids is 2. The first-order chi connectivity index (χ1) is 33.6. The van der Waals surface area contributed by atoms with Crippen LogP contribution >= 0.6 is 0 Å². The highest BCUT2D eigenvalue weighted by Gasteiger charge is 2.32. The number of carbonyl (C=O) groups is 7. The van der Waals surface area contributed by atoms with Crippen molar-refractivity contribution in [1.82, 2.24) is 41.2 Å². The topological polar surface area (TPSA) is 341 Å². The maximum Gasteiger partial charge on any atom is 0.326 e. The fourth-order valence-electron chi connectivity index (χ4n) is 8.04. The number of fused-ring (bicyclic) bond motifs is 1. The van der Waals surface area contributed by atoms with Crippen molar-refractivity contribution < 1.29 is 43.8 Å². The lowest BCUT2D eigenvalue weighted by molar-refractivity contribution is -0.142. The number of nitrogens with zero attached hydrogens (tertiary/aromatic N) is 5. The number of carboxylic acids is 2. The molecular formula is C50H70N12O9. The maximum atomic E-state index is 13.9. The first-order valence-corrected chi connectivity index (χ1v) is 23.9. The molecule has 5 atom stereocenters. The Morgan fingerprint density at radius 2 is 1.39 bits per heavy atom. The van der Waals surface area contributed by atoms with Gasteiger partial charge in [-0.05, 0) is 99.6 Å². The first kappa shape index (κ1) is 56.3. The summed E-state index contributed by atoms with van der Waals surface area (Å²) in [5.41, 5.74) is 20.1. The second kappa shape index (κ2) is 27.2. The molecule has 2 aromatic heterocycles. The summed E-state index contributed by atoms with van der Waals surface area (Å²) >= 11 is 0. The number of ketones is 1. The summed E-state index contributed by atoms with van der Waals surface area (Å²) < 4.78 is 0. The van der Waals surface area contributed by atoms with Gasteiger partial charge in [0.15, 0.2) is 17.0 Å². The van der Waals surface area contributed by atoms with Crippen LogP contribution in [0.25, 0.3) is 11.2 Å². The van der Waals surface area contributed by atoms with E-state index < -0.39 is 59.6 Å². The minimum atomic E-state index is -1.36. The Labute approximate surface area is 413 Å². The van der Waals surface area contributed by atoms with Crippen LogP contribution in [0.1, 0.15) is 114 Å². The predicted octanol–water partition coefficient (Wildman–Crippen LogP) is 3.54. The molecule has 2 aromatic carbocycles. The highest BCUT2D eigenvalue weighted by Crippen LogP contribution is 2.27. The molecule has 71 heavy (non-hydrogen) atoms. The maximum absolute atomic E-state index is 13.9. The fraction of sp³-hybridized carbons (Fsp3) is 0.500. The normalized spacial score (nSPS) is 13.5. The Balaban J connectivity index is 1.24. The van der Waals surface area contributed by atoms with Gasteiger partial charge in [-0.15, -0.1) is 0 Å². The number of unbranched alkanes of at least 4 members (excludes halogenated alkanes) is 2. The highest BCUT2D eigenvalue weighted by atomic mass is 16.4. The Bertz CT molecular complexity index is 2450. The smallest absolute Gasteiger partial charge is 0.326 e. The summed E-state index contributed by atoms with van der Waals surface area (Å²) in [5, 5.41) is 30.4. The van der Waals surface area contributed by atoms with Crippen LogP contribution in [0, 0.1) is 17.3 Å². The summed E-state index contributed by atoms with van der Waals surface area (Å²) in [5.74, 6) is -5.87. The summed E-state index contributed by atoms with van der Waals surface area (Å²) in [6, 6.07) is 12.0. The van der Waals surface area contributed by atoms with E-state index in [-0.39, 0.29) is 91.6 Å². The number of rotatable bonds is 29. The average molecular weight is 983 g/mol. The van der Waals surface area contributed by atoms with E-state index in [1.807, 2.05) is 62.9 Å². The molecule has 0 saturated carbocycles. The number of anilines is 3. The molecule has 0 aliphatic carbocycles. The third-order valence-corrected chi connectivity index (χ3v) is 11.8.